The Hall–Kier alpha value is -2.24. The first-order chi connectivity index (χ1) is 14.2. The van der Waals surface area contributed by atoms with E-state index in [1.807, 2.05) is 36.4 Å². The van der Waals surface area contributed by atoms with Crippen molar-refractivity contribution >= 4 is 46.3 Å². The van der Waals surface area contributed by atoms with E-state index in [2.05, 4.69) is 38.8 Å². The molecule has 30 heavy (non-hydrogen) atoms. The van der Waals surface area contributed by atoms with E-state index in [9.17, 15) is 9.59 Å². The van der Waals surface area contributed by atoms with Crippen molar-refractivity contribution in [3.8, 4) is 0 Å². The summed E-state index contributed by atoms with van der Waals surface area (Å²) in [5.41, 5.74) is 4.10. The number of rotatable bonds is 3. The van der Waals surface area contributed by atoms with Gasteiger partial charge in [-0.25, -0.2) is 0 Å². The van der Waals surface area contributed by atoms with Crippen molar-refractivity contribution in [2.24, 2.45) is 0 Å². The van der Waals surface area contributed by atoms with Gasteiger partial charge in [0.1, 0.15) is 0 Å². The summed E-state index contributed by atoms with van der Waals surface area (Å²) in [6.45, 7) is 6.96. The fourth-order valence-electron chi connectivity index (χ4n) is 4.26. The number of amides is 2. The van der Waals surface area contributed by atoms with Gasteiger partial charge in [0.05, 0.1) is 11.4 Å². The predicted octanol–water partition coefficient (Wildman–Crippen LogP) is 6.30. The highest BCUT2D eigenvalue weighted by atomic mass is 35.5. The Bertz CT molecular complexity index is 1050. The summed E-state index contributed by atoms with van der Waals surface area (Å²) in [5.74, 6) is 0.109. The first-order valence-electron chi connectivity index (χ1n) is 10.0. The number of anilines is 1. The number of hydrogen-bond acceptors (Lipinski definition) is 4. The summed E-state index contributed by atoms with van der Waals surface area (Å²) in [6.07, 6.45) is 2.79. The fraction of sp³-hybridized carbons (Fsp3) is 0.333. The number of imide groups is 1. The van der Waals surface area contributed by atoms with E-state index in [1.54, 1.807) is 6.08 Å². The Balaban J connectivity index is 1.65. The summed E-state index contributed by atoms with van der Waals surface area (Å²) < 4.78 is 0. The van der Waals surface area contributed by atoms with Gasteiger partial charge in [0.15, 0.2) is 0 Å². The molecule has 2 aliphatic rings. The summed E-state index contributed by atoms with van der Waals surface area (Å²) in [7, 11) is 2.09. The van der Waals surface area contributed by atoms with Crippen LogP contribution >= 0.6 is 23.4 Å². The average Bonchev–Trinajstić information content (AvgIpc) is 2.95. The lowest BCUT2D eigenvalue weighted by molar-refractivity contribution is -0.123. The van der Waals surface area contributed by atoms with Crippen molar-refractivity contribution in [2.75, 3.05) is 11.9 Å². The molecule has 1 saturated heterocycles. The van der Waals surface area contributed by atoms with Gasteiger partial charge in [0.2, 0.25) is 0 Å². The minimum absolute atomic E-state index is 0.0529. The molecule has 2 aliphatic heterocycles. The van der Waals surface area contributed by atoms with E-state index < -0.39 is 0 Å². The van der Waals surface area contributed by atoms with E-state index in [4.69, 9.17) is 11.6 Å². The molecule has 0 bridgehead atoms. The maximum Gasteiger partial charge on any atom is 0.293 e. The third-order valence-corrected chi connectivity index (χ3v) is 7.33. The van der Waals surface area contributed by atoms with Crippen molar-refractivity contribution < 1.29 is 9.59 Å². The van der Waals surface area contributed by atoms with Gasteiger partial charge in [-0.1, -0.05) is 48.9 Å². The van der Waals surface area contributed by atoms with E-state index in [0.29, 0.717) is 15.8 Å². The zero-order valence-corrected chi connectivity index (χ0v) is 19.2. The molecule has 156 valence electrons. The van der Waals surface area contributed by atoms with Crippen molar-refractivity contribution in [2.45, 2.75) is 45.2 Å². The third kappa shape index (κ3) is 3.77. The molecule has 4 nitrogen and oxygen atoms in total. The van der Waals surface area contributed by atoms with E-state index >= 15 is 0 Å². The molecule has 1 atom stereocenters. The van der Waals surface area contributed by atoms with Gasteiger partial charge >= 0.3 is 0 Å². The van der Waals surface area contributed by atoms with Gasteiger partial charge in [0, 0.05) is 23.3 Å². The quantitative estimate of drug-likeness (QED) is 0.525. The van der Waals surface area contributed by atoms with Crippen molar-refractivity contribution in [1.82, 2.24) is 4.90 Å². The minimum atomic E-state index is -0.269. The normalized spacial score (nSPS) is 22.0. The van der Waals surface area contributed by atoms with Crippen molar-refractivity contribution in [3.63, 3.8) is 0 Å². The molecule has 0 saturated carbocycles. The number of nitrogens with zero attached hydrogens (tertiary/aromatic N) is 2. The summed E-state index contributed by atoms with van der Waals surface area (Å²) in [6, 6.07) is 13.6. The lowest BCUT2D eigenvalue weighted by Crippen LogP contribution is -2.45. The van der Waals surface area contributed by atoms with Crippen LogP contribution < -0.4 is 4.90 Å². The first-order valence-corrected chi connectivity index (χ1v) is 11.2. The Morgan fingerprint density at radius 1 is 1.20 bits per heavy atom. The molecule has 1 fully saturated rings. The molecule has 2 amide bonds. The second-order valence-corrected chi connectivity index (χ2v) is 10.1. The molecule has 0 N–H and O–H groups in total. The molecule has 0 aliphatic carbocycles. The average molecular weight is 441 g/mol. The van der Waals surface area contributed by atoms with Crippen LogP contribution in [0.2, 0.25) is 5.02 Å². The van der Waals surface area contributed by atoms with Crippen LogP contribution in [0.5, 0.6) is 0 Å². The lowest BCUT2D eigenvalue weighted by Gasteiger charge is -2.45. The molecule has 2 aromatic carbocycles. The number of hydrogen-bond donors (Lipinski definition) is 0. The number of fused-ring (bicyclic) bond motifs is 1. The molecule has 2 aromatic rings. The smallest absolute Gasteiger partial charge is 0.293 e. The second-order valence-electron chi connectivity index (χ2n) is 8.66. The van der Waals surface area contributed by atoms with Crippen LogP contribution in [0.4, 0.5) is 10.5 Å². The molecule has 0 spiro atoms. The predicted molar refractivity (Wildman–Crippen MR) is 125 cm³/mol. The van der Waals surface area contributed by atoms with Gasteiger partial charge < -0.3 is 4.90 Å². The van der Waals surface area contributed by atoms with Gasteiger partial charge in [-0.15, -0.1) is 0 Å². The molecule has 2 heterocycles. The van der Waals surface area contributed by atoms with Crippen LogP contribution in [0, 0.1) is 0 Å². The fourth-order valence-corrected chi connectivity index (χ4v) is 5.30. The molecule has 6 heteroatoms. The van der Waals surface area contributed by atoms with Crippen molar-refractivity contribution in [1.29, 1.82) is 0 Å². The van der Waals surface area contributed by atoms with Gasteiger partial charge in [-0.2, -0.15) is 0 Å². The number of carbonyl (C=O) groups is 2. The summed E-state index contributed by atoms with van der Waals surface area (Å²) in [4.78, 5) is 29.3. The Kier molecular flexibility index (Phi) is 5.45. The van der Waals surface area contributed by atoms with Crippen LogP contribution in [0.1, 0.15) is 49.8 Å². The molecule has 0 radical (unpaired) electrons. The molecular weight excluding hydrogens is 416 g/mol. The van der Waals surface area contributed by atoms with Crippen LogP contribution in [0.25, 0.3) is 6.08 Å². The highest BCUT2D eigenvalue weighted by molar-refractivity contribution is 8.18. The zero-order valence-electron chi connectivity index (χ0n) is 17.6. The second kappa shape index (κ2) is 7.78. The maximum atomic E-state index is 12.9. The lowest BCUT2D eigenvalue weighted by atomic mass is 9.80. The van der Waals surface area contributed by atoms with Crippen LogP contribution in [0.3, 0.4) is 0 Å². The van der Waals surface area contributed by atoms with Gasteiger partial charge in [-0.05, 0) is 72.8 Å². The number of benzene rings is 2. The SMILES string of the molecule is C[C@@H]1CC(C)(C)N(C)c2cc(Cl)c(/C=C3\SC(=O)N(Cc4ccccc4)C3=O)cc21. The van der Waals surface area contributed by atoms with E-state index in [1.165, 1.54) is 10.5 Å². The molecule has 0 unspecified atom stereocenters. The molecule has 4 rings (SSSR count). The monoisotopic (exact) mass is 440 g/mol. The highest BCUT2D eigenvalue weighted by Gasteiger charge is 2.36. The maximum absolute atomic E-state index is 12.9. The zero-order chi connectivity index (χ0) is 21.6. The number of halogens is 1. The van der Waals surface area contributed by atoms with Crippen molar-refractivity contribution in [3.05, 3.63) is 69.1 Å². The first kappa shape index (κ1) is 21.0. The van der Waals surface area contributed by atoms with Gasteiger partial charge in [-0.3, -0.25) is 14.5 Å². The van der Waals surface area contributed by atoms with Gasteiger partial charge in [0.25, 0.3) is 11.1 Å². The Labute approximate surface area is 186 Å². The Morgan fingerprint density at radius 3 is 2.60 bits per heavy atom. The summed E-state index contributed by atoms with van der Waals surface area (Å²) in [5, 5.41) is 0.333. The number of thioether (sulfide) groups is 1. The van der Waals surface area contributed by atoms with E-state index in [-0.39, 0.29) is 23.2 Å². The third-order valence-electron chi connectivity index (χ3n) is 6.10. The molecule has 0 aromatic heterocycles. The highest BCUT2D eigenvalue weighted by Crippen LogP contribution is 2.45. The standard InChI is InChI=1S/C24H25ClN2O2S/c1-15-13-24(2,3)26(4)20-12-19(25)17(10-18(15)20)11-21-22(28)27(23(29)30-21)14-16-8-6-5-7-9-16/h5-12,15H,13-14H2,1-4H3/b21-11-/t15-/m1/s1. The van der Waals surface area contributed by atoms with Crippen LogP contribution in [-0.4, -0.2) is 28.6 Å². The van der Waals surface area contributed by atoms with E-state index in [0.717, 1.165) is 35.0 Å². The van der Waals surface area contributed by atoms with Crippen LogP contribution in [0.15, 0.2) is 47.4 Å². The minimum Gasteiger partial charge on any atom is -0.369 e. The Morgan fingerprint density at radius 2 is 1.90 bits per heavy atom. The topological polar surface area (TPSA) is 40.6 Å². The number of carbonyl (C=O) groups excluding carboxylic acids is 2. The summed E-state index contributed by atoms with van der Waals surface area (Å²) >= 11 is 7.58. The largest absolute Gasteiger partial charge is 0.369 e. The molecular formula is C24H25ClN2O2S. The van der Waals surface area contributed by atoms with Crippen LogP contribution in [-0.2, 0) is 11.3 Å².